The Labute approximate surface area is 443 Å². The molecule has 5 heterocycles. The van der Waals surface area contributed by atoms with Gasteiger partial charge in [-0.15, -0.1) is 0 Å². The third-order valence-electron chi connectivity index (χ3n) is 19.1. The second kappa shape index (κ2) is 23.1. The Balaban J connectivity index is 0.959. The number of fused-ring (bicyclic) bond motifs is 3. The predicted molar refractivity (Wildman–Crippen MR) is 250 cm³/mol. The van der Waals surface area contributed by atoms with E-state index in [1.54, 1.807) is 6.92 Å². The van der Waals surface area contributed by atoms with Crippen LogP contribution in [0.25, 0.3) is 0 Å². The number of carbonyl (C=O) groups is 1. The standard InChI is InChI=1S/C50H80O27/c1-19-12-49-9-5-27-47(2,28(49)6-10-50(19,18-49)77-41-21(11-20(56)22(13-51)69-41)68-42-36(64)33(61)29(57)23(14-52)70-42)7-4-8-48(27,3)46(67)76-45-40(75-44-38(66)35(63)31(59)25(16-54)72-44)39(32(60)26(17-55)73-45)74-43-37(65)34(62)30(58)24(15-53)71-43/h20-45,51-66H,1,4-18H2,2-3H3/t20?,21?,22?,23?,24?,25?,26?,27?,28-,29?,30?,31?,32?,33?,34?,35?,36?,37?,38?,39?,40?,41?,42?,43?,44?,45?,47+,48+,49+,50-/m0/s1. The highest BCUT2D eigenvalue weighted by Gasteiger charge is 2.70. The molecule has 27 nitrogen and oxygen atoms in total. The molecule has 4 saturated carbocycles. The van der Waals surface area contributed by atoms with Crippen LogP contribution in [0.4, 0.5) is 0 Å². The van der Waals surface area contributed by atoms with Crippen LogP contribution in [0, 0.1) is 28.1 Å². The SMILES string of the molecule is C=C1C[C@@]23CCC4[C@](C)(C(=O)OC5OC(CO)C(O)C(OC6OC(CO)C(O)C(O)C6O)C5OC5OC(CO)C(O)C(O)C5O)CCC[C@@]4(C)[C@@H]2CC[C@]1(OC1OC(CO)C(O)CC1OC1OC(CO)C(O)C(O)C1O)C3. The molecule has 16 N–H and O–H groups in total. The van der Waals surface area contributed by atoms with Crippen LogP contribution in [0.2, 0.25) is 0 Å². The van der Waals surface area contributed by atoms with Crippen molar-refractivity contribution in [1.82, 2.24) is 0 Å². The highest BCUT2D eigenvalue weighted by Crippen LogP contribution is 2.74. The lowest BCUT2D eigenvalue weighted by Gasteiger charge is -2.64. The van der Waals surface area contributed by atoms with Gasteiger partial charge in [-0.05, 0) is 86.5 Å². The van der Waals surface area contributed by atoms with Gasteiger partial charge in [-0.3, -0.25) is 4.79 Å². The molecule has 1 spiro atoms. The highest BCUT2D eigenvalue weighted by atomic mass is 16.8. The molecule has 442 valence electrons. The van der Waals surface area contributed by atoms with Crippen molar-refractivity contribution < 1.29 is 134 Å². The topological polar surface area (TPSA) is 433 Å². The second-order valence-corrected chi connectivity index (χ2v) is 23.5. The first-order chi connectivity index (χ1) is 36.4. The van der Waals surface area contributed by atoms with Crippen LogP contribution in [0.3, 0.4) is 0 Å². The molecule has 30 atom stereocenters. The van der Waals surface area contributed by atoms with E-state index < -0.39 is 208 Å². The van der Waals surface area contributed by atoms with E-state index in [9.17, 15) is 81.7 Å². The highest BCUT2D eigenvalue weighted by molar-refractivity contribution is 5.77. The van der Waals surface area contributed by atoms with Crippen molar-refractivity contribution in [2.45, 2.75) is 231 Å². The van der Waals surface area contributed by atoms with Crippen LogP contribution < -0.4 is 0 Å². The van der Waals surface area contributed by atoms with Gasteiger partial charge in [0.1, 0.15) is 104 Å². The summed E-state index contributed by atoms with van der Waals surface area (Å²) in [5.74, 6) is -1.11. The van der Waals surface area contributed by atoms with E-state index in [-0.39, 0.29) is 18.3 Å². The minimum absolute atomic E-state index is 0.00367. The van der Waals surface area contributed by atoms with Crippen LogP contribution >= 0.6 is 0 Å². The zero-order chi connectivity index (χ0) is 55.8. The molecule has 0 aromatic carbocycles. The van der Waals surface area contributed by atoms with Crippen molar-refractivity contribution in [2.24, 2.45) is 28.1 Å². The smallest absolute Gasteiger partial charge is 0.314 e. The summed E-state index contributed by atoms with van der Waals surface area (Å²) in [7, 11) is 0. The Bertz CT molecular complexity index is 2040. The van der Waals surface area contributed by atoms with Crippen LogP contribution in [0.15, 0.2) is 12.2 Å². The molecule has 2 bridgehead atoms. The van der Waals surface area contributed by atoms with E-state index in [4.69, 9.17) is 47.4 Å². The average Bonchev–Trinajstić information content (AvgIpc) is 3.81. The molecule has 0 amide bonds. The number of aliphatic hydroxyl groups excluding tert-OH is 16. The molecule has 5 aliphatic heterocycles. The van der Waals surface area contributed by atoms with Crippen molar-refractivity contribution >= 4 is 5.97 Å². The minimum Gasteiger partial charge on any atom is -0.432 e. The lowest BCUT2D eigenvalue weighted by atomic mass is 9.41. The van der Waals surface area contributed by atoms with Crippen molar-refractivity contribution in [3.63, 3.8) is 0 Å². The number of aliphatic hydroxyl groups is 16. The van der Waals surface area contributed by atoms with Gasteiger partial charge >= 0.3 is 5.97 Å². The molecule has 9 aliphatic rings. The number of hydrogen-bond donors (Lipinski definition) is 16. The van der Waals surface area contributed by atoms with Gasteiger partial charge in [0, 0.05) is 6.42 Å². The fourth-order valence-corrected chi connectivity index (χ4v) is 14.9. The van der Waals surface area contributed by atoms with Crippen molar-refractivity contribution in [1.29, 1.82) is 0 Å². The Kier molecular flexibility index (Phi) is 17.9. The Morgan fingerprint density at radius 1 is 0.532 bits per heavy atom. The first-order valence-electron chi connectivity index (χ1n) is 26.8. The number of esters is 1. The van der Waals surface area contributed by atoms with E-state index in [1.807, 2.05) is 0 Å². The maximum Gasteiger partial charge on any atom is 0.314 e. The summed E-state index contributed by atoms with van der Waals surface area (Å²) < 4.78 is 60.6. The third-order valence-corrected chi connectivity index (χ3v) is 19.1. The molecule has 0 aromatic rings. The van der Waals surface area contributed by atoms with Crippen LogP contribution in [0.5, 0.6) is 0 Å². The van der Waals surface area contributed by atoms with Gasteiger partial charge in [0.2, 0.25) is 6.29 Å². The number of hydrogen-bond acceptors (Lipinski definition) is 27. The van der Waals surface area contributed by atoms with E-state index in [2.05, 4.69) is 13.5 Å². The summed E-state index contributed by atoms with van der Waals surface area (Å²) in [6.45, 7) is 4.60. The van der Waals surface area contributed by atoms with Gasteiger partial charge in [-0.2, -0.15) is 0 Å². The molecule has 0 radical (unpaired) electrons. The molecule has 25 unspecified atom stereocenters. The number of ether oxygens (including phenoxy) is 10. The number of rotatable bonds is 15. The van der Waals surface area contributed by atoms with Crippen LogP contribution in [-0.2, 0) is 52.2 Å². The van der Waals surface area contributed by atoms with E-state index in [0.29, 0.717) is 51.4 Å². The summed E-state index contributed by atoms with van der Waals surface area (Å²) >= 11 is 0. The zero-order valence-corrected chi connectivity index (χ0v) is 43.0. The molecule has 27 heteroatoms. The molecule has 77 heavy (non-hydrogen) atoms. The molecule has 5 saturated heterocycles. The van der Waals surface area contributed by atoms with Gasteiger partial charge in [-0.25, -0.2) is 0 Å². The quantitative estimate of drug-likeness (QED) is 0.0412. The maximum absolute atomic E-state index is 15.2. The first kappa shape index (κ1) is 59.8. The van der Waals surface area contributed by atoms with Gasteiger partial charge < -0.3 is 129 Å². The summed E-state index contributed by atoms with van der Waals surface area (Å²) in [5, 5.41) is 169. The summed E-state index contributed by atoms with van der Waals surface area (Å²) in [6.07, 6.45) is -35.6. The normalized spacial score (nSPS) is 54.1. The molecule has 0 aromatic heterocycles. The van der Waals surface area contributed by atoms with Gasteiger partial charge in [0.05, 0.1) is 50.2 Å². The van der Waals surface area contributed by atoms with Crippen molar-refractivity contribution in [2.75, 3.05) is 33.0 Å². The summed E-state index contributed by atoms with van der Waals surface area (Å²) in [6, 6.07) is 0. The fraction of sp³-hybridized carbons (Fsp3) is 0.940. The van der Waals surface area contributed by atoms with E-state index in [0.717, 1.165) is 12.0 Å². The maximum atomic E-state index is 15.2. The van der Waals surface area contributed by atoms with Gasteiger partial charge in [-0.1, -0.05) is 19.9 Å². The Hall–Kier alpha value is -1.79. The average molecular weight is 1110 g/mol. The minimum atomic E-state index is -2.03. The monoisotopic (exact) mass is 1110 g/mol. The molecular formula is C50H80O27. The molecule has 9 fully saturated rings. The second-order valence-electron chi connectivity index (χ2n) is 23.5. The Morgan fingerprint density at radius 3 is 1.53 bits per heavy atom. The number of carbonyl (C=O) groups excluding carboxylic acids is 1. The lowest BCUT2D eigenvalue weighted by Crippen LogP contribution is -2.67. The molecule has 9 rings (SSSR count). The first-order valence-corrected chi connectivity index (χ1v) is 26.8. The molecular weight excluding hydrogens is 1030 g/mol. The summed E-state index contributed by atoms with van der Waals surface area (Å²) in [4.78, 5) is 15.2. The Morgan fingerprint density at radius 2 is 1.00 bits per heavy atom. The predicted octanol–water partition coefficient (Wildman–Crippen LogP) is -6.26. The van der Waals surface area contributed by atoms with E-state index >= 15 is 4.79 Å². The van der Waals surface area contributed by atoms with Crippen LogP contribution in [0.1, 0.15) is 78.1 Å². The van der Waals surface area contributed by atoms with Gasteiger partial charge in [0.15, 0.2) is 31.3 Å². The zero-order valence-electron chi connectivity index (χ0n) is 43.0. The van der Waals surface area contributed by atoms with Crippen molar-refractivity contribution in [3.8, 4) is 0 Å². The largest absolute Gasteiger partial charge is 0.432 e. The lowest BCUT2D eigenvalue weighted by molar-refractivity contribution is -0.389. The van der Waals surface area contributed by atoms with E-state index in [1.165, 1.54) is 0 Å². The summed E-state index contributed by atoms with van der Waals surface area (Å²) in [5.41, 5.74) is -2.35. The molecule has 4 aliphatic carbocycles. The van der Waals surface area contributed by atoms with Gasteiger partial charge in [0.25, 0.3) is 0 Å². The van der Waals surface area contributed by atoms with Crippen molar-refractivity contribution in [3.05, 3.63) is 12.2 Å². The third kappa shape index (κ3) is 10.5. The fourth-order valence-electron chi connectivity index (χ4n) is 14.9. The van der Waals surface area contributed by atoms with Crippen LogP contribution in [-0.4, -0.2) is 274 Å².